The summed E-state index contributed by atoms with van der Waals surface area (Å²) in [5.41, 5.74) is 9.25. The number of carbonyl (C=O) groups is 1. The Morgan fingerprint density at radius 3 is 2.36 bits per heavy atom. The van der Waals surface area contributed by atoms with Crippen molar-refractivity contribution in [2.75, 3.05) is 13.2 Å². The lowest BCUT2D eigenvalue weighted by molar-refractivity contribution is 0.0734. The minimum atomic E-state index is -0.548. The highest BCUT2D eigenvalue weighted by Crippen LogP contribution is 2.45. The number of allylic oxidation sites excluding steroid dienone is 1. The van der Waals surface area contributed by atoms with Gasteiger partial charge >= 0.3 is 5.97 Å². The molecule has 44 heavy (non-hydrogen) atoms. The van der Waals surface area contributed by atoms with Gasteiger partial charge in [0.2, 0.25) is 5.88 Å². The molecular formula is C35H31ClN2O6. The first-order valence-electron chi connectivity index (χ1n) is 14.2. The van der Waals surface area contributed by atoms with Crippen LogP contribution in [0.5, 0.6) is 28.7 Å². The molecule has 0 radical (unpaired) electrons. The predicted molar refractivity (Wildman–Crippen MR) is 166 cm³/mol. The summed E-state index contributed by atoms with van der Waals surface area (Å²) in [5.74, 6) is 1.30. The maximum Gasteiger partial charge on any atom is 0.343 e. The molecule has 9 heteroatoms. The van der Waals surface area contributed by atoms with Crippen LogP contribution in [0.25, 0.3) is 0 Å². The lowest BCUT2D eigenvalue weighted by atomic mass is 9.83. The van der Waals surface area contributed by atoms with Gasteiger partial charge in [0.15, 0.2) is 11.5 Å². The van der Waals surface area contributed by atoms with E-state index in [1.54, 1.807) is 42.5 Å². The van der Waals surface area contributed by atoms with Gasteiger partial charge < -0.3 is 29.4 Å². The molecule has 1 unspecified atom stereocenters. The molecule has 1 aliphatic heterocycles. The number of hydrogen-bond acceptors (Lipinski definition) is 8. The number of rotatable bonds is 11. The summed E-state index contributed by atoms with van der Waals surface area (Å²) in [6.07, 6.45) is 0.888. The van der Waals surface area contributed by atoms with E-state index in [9.17, 15) is 10.1 Å². The second kappa shape index (κ2) is 13.9. The van der Waals surface area contributed by atoms with Gasteiger partial charge in [0.1, 0.15) is 35.5 Å². The van der Waals surface area contributed by atoms with Gasteiger partial charge in [0.05, 0.1) is 24.7 Å². The summed E-state index contributed by atoms with van der Waals surface area (Å²) in [6, 6.07) is 26.9. The molecule has 1 aliphatic rings. The number of halogens is 1. The topological polar surface area (TPSA) is 113 Å². The highest BCUT2D eigenvalue weighted by Gasteiger charge is 2.32. The van der Waals surface area contributed by atoms with Crippen molar-refractivity contribution in [1.82, 2.24) is 0 Å². The van der Waals surface area contributed by atoms with Crippen LogP contribution in [0.2, 0.25) is 5.02 Å². The number of carbonyl (C=O) groups excluding carboxylic acids is 1. The molecule has 0 aliphatic carbocycles. The Bertz CT molecular complexity index is 1710. The molecule has 4 aromatic carbocycles. The van der Waals surface area contributed by atoms with Crippen molar-refractivity contribution in [3.8, 4) is 34.8 Å². The van der Waals surface area contributed by atoms with Gasteiger partial charge in [-0.2, -0.15) is 5.26 Å². The highest BCUT2D eigenvalue weighted by molar-refractivity contribution is 6.30. The van der Waals surface area contributed by atoms with Crippen LogP contribution >= 0.6 is 11.6 Å². The Labute approximate surface area is 261 Å². The van der Waals surface area contributed by atoms with Crippen LogP contribution in [-0.4, -0.2) is 19.2 Å². The molecule has 0 fully saturated rings. The third kappa shape index (κ3) is 6.91. The van der Waals surface area contributed by atoms with Gasteiger partial charge in [-0.1, -0.05) is 42.8 Å². The number of nitrogens with zero attached hydrogens (tertiary/aromatic N) is 1. The molecule has 0 amide bonds. The SMILES string of the molecule is CCCOc1ccc(C(=O)Oc2ccc3c(c2)OC(N)=C(C#N)C3c2ccc(OCc3ccc(Cl)cc3)c(OCC)c2)cc1. The standard InChI is InChI=1S/C35H31ClN2O6/c1-3-17-41-26-12-7-23(8-13-26)35(39)43-27-14-15-28-31(19-27)44-34(38)29(20-37)33(28)24-9-16-30(32(18-24)40-4-2)42-21-22-5-10-25(36)11-6-22/h5-16,18-19,33H,3-4,17,21,38H2,1-2H3. The number of ether oxygens (including phenoxy) is 5. The molecule has 8 nitrogen and oxygen atoms in total. The van der Waals surface area contributed by atoms with Crippen molar-refractivity contribution in [1.29, 1.82) is 5.26 Å². The molecule has 0 saturated carbocycles. The fourth-order valence-corrected chi connectivity index (χ4v) is 4.87. The number of fused-ring (bicyclic) bond motifs is 1. The van der Waals surface area contributed by atoms with E-state index >= 15 is 0 Å². The van der Waals surface area contributed by atoms with Crippen LogP contribution in [0.1, 0.15) is 53.2 Å². The first kappa shape index (κ1) is 30.3. The molecule has 0 bridgehead atoms. The smallest absolute Gasteiger partial charge is 0.343 e. The molecule has 224 valence electrons. The first-order valence-corrected chi connectivity index (χ1v) is 14.6. The zero-order valence-electron chi connectivity index (χ0n) is 24.3. The summed E-state index contributed by atoms with van der Waals surface area (Å²) in [6.45, 7) is 5.24. The van der Waals surface area contributed by atoms with Gasteiger partial charge in [-0.3, -0.25) is 0 Å². The Morgan fingerprint density at radius 1 is 0.909 bits per heavy atom. The van der Waals surface area contributed by atoms with E-state index in [2.05, 4.69) is 6.07 Å². The third-order valence-corrected chi connectivity index (χ3v) is 7.12. The monoisotopic (exact) mass is 610 g/mol. The van der Waals surface area contributed by atoms with Crippen LogP contribution in [-0.2, 0) is 6.61 Å². The van der Waals surface area contributed by atoms with E-state index < -0.39 is 11.9 Å². The molecular weight excluding hydrogens is 580 g/mol. The summed E-state index contributed by atoms with van der Waals surface area (Å²) >= 11 is 6.00. The van der Waals surface area contributed by atoms with Crippen molar-refractivity contribution in [3.63, 3.8) is 0 Å². The van der Waals surface area contributed by atoms with Crippen LogP contribution in [0.4, 0.5) is 0 Å². The van der Waals surface area contributed by atoms with Crippen LogP contribution in [0.3, 0.4) is 0 Å². The lowest BCUT2D eigenvalue weighted by Gasteiger charge is -2.27. The quantitative estimate of drug-likeness (QED) is 0.137. The Hall–Kier alpha value is -5.13. The largest absolute Gasteiger partial charge is 0.494 e. The highest BCUT2D eigenvalue weighted by atomic mass is 35.5. The van der Waals surface area contributed by atoms with Crippen molar-refractivity contribution < 1.29 is 28.5 Å². The molecule has 1 atom stereocenters. The minimum absolute atomic E-state index is 0.0304. The molecule has 0 saturated heterocycles. The number of benzene rings is 4. The predicted octanol–water partition coefficient (Wildman–Crippen LogP) is 7.54. The molecule has 4 aromatic rings. The number of nitrogens with two attached hydrogens (primary N) is 1. The molecule has 2 N–H and O–H groups in total. The maximum absolute atomic E-state index is 12.8. The summed E-state index contributed by atoms with van der Waals surface area (Å²) in [7, 11) is 0. The van der Waals surface area contributed by atoms with Crippen molar-refractivity contribution in [2.24, 2.45) is 5.73 Å². The average Bonchev–Trinajstić information content (AvgIpc) is 3.03. The minimum Gasteiger partial charge on any atom is -0.494 e. The fourth-order valence-electron chi connectivity index (χ4n) is 4.75. The Kier molecular flexibility index (Phi) is 9.58. The second-order valence-corrected chi connectivity index (χ2v) is 10.4. The zero-order valence-corrected chi connectivity index (χ0v) is 25.1. The first-order chi connectivity index (χ1) is 21.4. The molecule has 1 heterocycles. The molecule has 0 spiro atoms. The van der Waals surface area contributed by atoms with Crippen LogP contribution in [0.15, 0.2) is 96.4 Å². The van der Waals surface area contributed by atoms with Gasteiger partial charge in [-0.05, 0) is 79.1 Å². The van der Waals surface area contributed by atoms with Crippen molar-refractivity contribution in [2.45, 2.75) is 32.8 Å². The molecule has 0 aromatic heterocycles. The summed E-state index contributed by atoms with van der Waals surface area (Å²) < 4.78 is 29.0. The molecule has 5 rings (SSSR count). The van der Waals surface area contributed by atoms with Crippen LogP contribution in [0, 0.1) is 11.3 Å². The van der Waals surface area contributed by atoms with E-state index in [0.717, 1.165) is 17.5 Å². The van der Waals surface area contributed by atoms with E-state index in [4.69, 9.17) is 41.0 Å². The Balaban J connectivity index is 1.39. The zero-order chi connectivity index (χ0) is 31.1. The van der Waals surface area contributed by atoms with Crippen molar-refractivity contribution >= 4 is 17.6 Å². The van der Waals surface area contributed by atoms with E-state index in [1.165, 1.54) is 0 Å². The van der Waals surface area contributed by atoms with Gasteiger partial charge in [-0.25, -0.2) is 4.79 Å². The van der Waals surface area contributed by atoms with E-state index in [1.807, 2.05) is 56.3 Å². The third-order valence-electron chi connectivity index (χ3n) is 6.87. The Morgan fingerprint density at radius 2 is 1.66 bits per heavy atom. The maximum atomic E-state index is 12.8. The summed E-state index contributed by atoms with van der Waals surface area (Å²) in [5, 5.41) is 10.7. The normalized spacial score (nSPS) is 13.7. The van der Waals surface area contributed by atoms with Gasteiger partial charge in [-0.15, -0.1) is 0 Å². The summed E-state index contributed by atoms with van der Waals surface area (Å²) in [4.78, 5) is 12.8. The number of nitriles is 1. The fraction of sp³-hybridized carbons (Fsp3) is 0.200. The van der Waals surface area contributed by atoms with Crippen LogP contribution < -0.4 is 29.4 Å². The van der Waals surface area contributed by atoms with Crippen molar-refractivity contribution in [3.05, 3.63) is 124 Å². The van der Waals surface area contributed by atoms with E-state index in [-0.39, 0.29) is 17.2 Å². The van der Waals surface area contributed by atoms with E-state index in [0.29, 0.717) is 59.0 Å². The van der Waals surface area contributed by atoms with Gasteiger partial charge in [0.25, 0.3) is 0 Å². The van der Waals surface area contributed by atoms with Gasteiger partial charge in [0, 0.05) is 16.7 Å². The lowest BCUT2D eigenvalue weighted by Crippen LogP contribution is -2.21. The second-order valence-electron chi connectivity index (χ2n) is 9.94. The number of hydrogen-bond donors (Lipinski definition) is 1. The number of esters is 1. The average molecular weight is 611 g/mol.